The number of carbonyl (C=O) groups excluding carboxylic acids is 2. The Hall–Kier alpha value is -3.47. The van der Waals surface area contributed by atoms with Gasteiger partial charge in [0.25, 0.3) is 0 Å². The van der Waals surface area contributed by atoms with Gasteiger partial charge in [-0.15, -0.1) is 0 Å². The van der Waals surface area contributed by atoms with E-state index in [0.717, 1.165) is 22.4 Å². The molecule has 0 saturated heterocycles. The van der Waals surface area contributed by atoms with E-state index in [-0.39, 0.29) is 18.5 Å². The molecule has 0 aromatic carbocycles. The molecule has 32 heavy (non-hydrogen) atoms. The second kappa shape index (κ2) is 13.1. The summed E-state index contributed by atoms with van der Waals surface area (Å²) < 4.78 is 12.9. The summed E-state index contributed by atoms with van der Waals surface area (Å²) in [5.74, 6) is -0.696. The van der Waals surface area contributed by atoms with Crippen LogP contribution in [0.25, 0.3) is 0 Å². The van der Waals surface area contributed by atoms with Crippen LogP contribution in [0.5, 0.6) is 0 Å². The molecule has 0 aliphatic rings. The highest BCUT2D eigenvalue weighted by molar-refractivity contribution is 5.89. The summed E-state index contributed by atoms with van der Waals surface area (Å²) in [4.78, 5) is 22.2. The number of nitrogens with one attached hydrogen (secondary N) is 1. The third-order valence-corrected chi connectivity index (χ3v) is 4.05. The molecule has 0 fully saturated rings. The molecular formula is C21H32N6O5. The standard InChI is InChI=1S/C8H12N2O2.C7H10N2O2.C6H10N2O/c1-4-12-8(11)7-6(2)5-10(3)9-7;1-3-11-7(10)6-5(2)4-8-9-6;1-5-3-8(2)7-6(5)4-9/h5H,4H2,1-3H3;4H,3H2,1-2H3,(H,8,9);3,9H,4H2,1-2H3. The van der Waals surface area contributed by atoms with E-state index in [4.69, 9.17) is 14.6 Å². The number of carbonyl (C=O) groups is 2. The fraction of sp³-hybridized carbons (Fsp3) is 0.476. The van der Waals surface area contributed by atoms with E-state index in [9.17, 15) is 9.59 Å². The number of aliphatic hydroxyl groups excluding tert-OH is 1. The van der Waals surface area contributed by atoms with E-state index < -0.39 is 0 Å². The van der Waals surface area contributed by atoms with Crippen molar-refractivity contribution in [3.05, 3.63) is 52.4 Å². The highest BCUT2D eigenvalue weighted by atomic mass is 16.5. The van der Waals surface area contributed by atoms with Gasteiger partial charge in [0.2, 0.25) is 0 Å². The lowest BCUT2D eigenvalue weighted by Crippen LogP contribution is -2.07. The number of rotatable bonds is 5. The smallest absolute Gasteiger partial charge is 0.359 e. The SMILES string of the molecule is CCOC(=O)c1[nH]ncc1C.CCOC(=O)c1nn(C)cc1C.Cc1cn(C)nc1CO. The fourth-order valence-electron chi connectivity index (χ4n) is 2.57. The van der Waals surface area contributed by atoms with E-state index in [1.165, 1.54) is 0 Å². The Kier molecular flexibility index (Phi) is 10.8. The molecule has 0 atom stereocenters. The van der Waals surface area contributed by atoms with Crippen LogP contribution in [0, 0.1) is 20.8 Å². The first-order valence-electron chi connectivity index (χ1n) is 10.1. The van der Waals surface area contributed by atoms with E-state index in [2.05, 4.69) is 20.4 Å². The molecule has 176 valence electrons. The number of aliphatic hydroxyl groups is 1. The van der Waals surface area contributed by atoms with Crippen LogP contribution in [0.4, 0.5) is 0 Å². The van der Waals surface area contributed by atoms with Crippen molar-refractivity contribution < 1.29 is 24.2 Å². The highest BCUT2D eigenvalue weighted by Crippen LogP contribution is 2.05. The minimum Gasteiger partial charge on any atom is -0.461 e. The molecule has 0 aliphatic carbocycles. The minimum absolute atomic E-state index is 0.0344. The second-order valence-electron chi connectivity index (χ2n) is 6.79. The molecule has 3 rings (SSSR count). The van der Waals surface area contributed by atoms with Gasteiger partial charge in [-0.2, -0.15) is 15.3 Å². The van der Waals surface area contributed by atoms with Crippen molar-refractivity contribution in [3.63, 3.8) is 0 Å². The molecule has 0 bridgehead atoms. The summed E-state index contributed by atoms with van der Waals surface area (Å²) in [6.07, 6.45) is 5.25. The molecule has 3 aromatic rings. The average molecular weight is 449 g/mol. The normalized spacial score (nSPS) is 9.88. The number of H-pyrrole nitrogens is 1. The van der Waals surface area contributed by atoms with Crippen molar-refractivity contribution in [1.29, 1.82) is 0 Å². The van der Waals surface area contributed by atoms with Crippen molar-refractivity contribution in [3.8, 4) is 0 Å². The van der Waals surface area contributed by atoms with Crippen molar-refractivity contribution in [1.82, 2.24) is 29.8 Å². The van der Waals surface area contributed by atoms with Crippen molar-refractivity contribution in [2.75, 3.05) is 13.2 Å². The van der Waals surface area contributed by atoms with Gasteiger partial charge < -0.3 is 14.6 Å². The van der Waals surface area contributed by atoms with Crippen molar-refractivity contribution in [2.45, 2.75) is 41.2 Å². The highest BCUT2D eigenvalue weighted by Gasteiger charge is 2.13. The zero-order chi connectivity index (χ0) is 24.3. The summed E-state index contributed by atoms with van der Waals surface area (Å²) in [6.45, 7) is 9.91. The van der Waals surface area contributed by atoms with Gasteiger partial charge in [0.05, 0.1) is 31.7 Å². The van der Waals surface area contributed by atoms with Crippen LogP contribution < -0.4 is 0 Å². The van der Waals surface area contributed by atoms with Crippen LogP contribution in [-0.4, -0.2) is 60.0 Å². The maximum Gasteiger partial charge on any atom is 0.359 e. The number of aromatic nitrogens is 6. The third-order valence-electron chi connectivity index (χ3n) is 4.05. The van der Waals surface area contributed by atoms with Crippen LogP contribution in [-0.2, 0) is 30.2 Å². The first-order valence-corrected chi connectivity index (χ1v) is 10.1. The lowest BCUT2D eigenvalue weighted by atomic mass is 10.3. The number of aromatic amines is 1. The van der Waals surface area contributed by atoms with E-state index >= 15 is 0 Å². The Morgan fingerprint density at radius 3 is 1.88 bits per heavy atom. The number of esters is 2. The second-order valence-corrected chi connectivity index (χ2v) is 6.79. The van der Waals surface area contributed by atoms with Crippen LogP contribution in [0.2, 0.25) is 0 Å². The first kappa shape index (κ1) is 26.6. The minimum atomic E-state index is -0.351. The predicted molar refractivity (Wildman–Crippen MR) is 117 cm³/mol. The number of ether oxygens (including phenoxy) is 2. The van der Waals surface area contributed by atoms with Gasteiger partial charge in [0.1, 0.15) is 5.69 Å². The van der Waals surface area contributed by atoms with Crippen LogP contribution >= 0.6 is 0 Å². The molecule has 2 N–H and O–H groups in total. The molecule has 0 saturated carbocycles. The number of hydrogen-bond acceptors (Lipinski definition) is 8. The maximum atomic E-state index is 11.2. The monoisotopic (exact) mass is 448 g/mol. The molecule has 0 amide bonds. The van der Waals surface area contributed by atoms with Crippen molar-refractivity contribution in [2.24, 2.45) is 14.1 Å². The van der Waals surface area contributed by atoms with Crippen LogP contribution in [0.3, 0.4) is 0 Å². The Labute approximate surface area is 187 Å². The van der Waals surface area contributed by atoms with Gasteiger partial charge in [-0.3, -0.25) is 14.5 Å². The van der Waals surface area contributed by atoms with Crippen LogP contribution in [0.15, 0.2) is 18.6 Å². The lowest BCUT2D eigenvalue weighted by molar-refractivity contribution is 0.0508. The van der Waals surface area contributed by atoms with Gasteiger partial charge in [0.15, 0.2) is 5.69 Å². The Morgan fingerprint density at radius 1 is 0.938 bits per heavy atom. The zero-order valence-electron chi connectivity index (χ0n) is 19.7. The molecule has 0 aliphatic heterocycles. The molecule has 11 heteroatoms. The largest absolute Gasteiger partial charge is 0.461 e. The van der Waals surface area contributed by atoms with Gasteiger partial charge in [-0.25, -0.2) is 9.59 Å². The Morgan fingerprint density at radius 2 is 1.50 bits per heavy atom. The van der Waals surface area contributed by atoms with Gasteiger partial charge in [-0.05, 0) is 40.2 Å². The van der Waals surface area contributed by atoms with E-state index in [1.807, 2.05) is 27.1 Å². The predicted octanol–water partition coefficient (Wildman–Crippen LogP) is 2.02. The van der Waals surface area contributed by atoms with Crippen molar-refractivity contribution >= 4 is 11.9 Å². The average Bonchev–Trinajstić information content (AvgIpc) is 3.41. The Balaban J connectivity index is 0.000000242. The summed E-state index contributed by atoms with van der Waals surface area (Å²) in [6, 6.07) is 0. The summed E-state index contributed by atoms with van der Waals surface area (Å²) >= 11 is 0. The molecule has 11 nitrogen and oxygen atoms in total. The van der Waals surface area contributed by atoms with Gasteiger partial charge >= 0.3 is 11.9 Å². The van der Waals surface area contributed by atoms with Gasteiger partial charge in [-0.1, -0.05) is 0 Å². The van der Waals surface area contributed by atoms with E-state index in [1.54, 1.807) is 49.6 Å². The van der Waals surface area contributed by atoms with Crippen LogP contribution in [0.1, 0.15) is 57.2 Å². The number of aryl methyl sites for hydroxylation is 5. The molecule has 0 unspecified atom stereocenters. The Bertz CT molecular complexity index is 1000. The summed E-state index contributed by atoms with van der Waals surface area (Å²) in [5.41, 5.74) is 4.29. The zero-order valence-corrected chi connectivity index (χ0v) is 19.7. The molecule has 3 aromatic heterocycles. The molecule has 0 radical (unpaired) electrons. The summed E-state index contributed by atoms with van der Waals surface area (Å²) in [7, 11) is 3.61. The fourth-order valence-corrected chi connectivity index (χ4v) is 2.57. The maximum absolute atomic E-state index is 11.2. The molecule has 0 spiro atoms. The number of nitrogens with zero attached hydrogens (tertiary/aromatic N) is 5. The topological polar surface area (TPSA) is 137 Å². The molecular weight excluding hydrogens is 416 g/mol. The quantitative estimate of drug-likeness (QED) is 0.566. The third kappa shape index (κ3) is 7.99. The first-order chi connectivity index (χ1) is 15.1. The van der Waals surface area contributed by atoms with Gasteiger partial charge in [0, 0.05) is 37.6 Å². The summed E-state index contributed by atoms with van der Waals surface area (Å²) in [5, 5.41) is 22.9. The van der Waals surface area contributed by atoms with E-state index in [0.29, 0.717) is 24.6 Å². The number of hydrogen-bond donors (Lipinski definition) is 2. The lowest BCUT2D eigenvalue weighted by Gasteiger charge is -1.97. The molecule has 3 heterocycles.